The summed E-state index contributed by atoms with van der Waals surface area (Å²) in [5.74, 6) is 1.25. The van der Waals surface area contributed by atoms with Gasteiger partial charge >= 0.3 is 0 Å². The first kappa shape index (κ1) is 17.9. The lowest BCUT2D eigenvalue weighted by atomic mass is 9.76. The predicted octanol–water partition coefficient (Wildman–Crippen LogP) is 2.97. The van der Waals surface area contributed by atoms with Crippen LogP contribution in [0.1, 0.15) is 36.7 Å². The van der Waals surface area contributed by atoms with Crippen LogP contribution in [0.4, 0.5) is 5.69 Å². The molecule has 1 atom stereocenters. The summed E-state index contributed by atoms with van der Waals surface area (Å²) >= 11 is 1.25. The van der Waals surface area contributed by atoms with Crippen molar-refractivity contribution < 1.29 is 13.2 Å². The van der Waals surface area contributed by atoms with Crippen molar-refractivity contribution in [2.75, 3.05) is 30.1 Å². The number of nitrogens with zero attached hydrogens (tertiary/aromatic N) is 2. The Morgan fingerprint density at radius 3 is 2.77 bits per heavy atom. The van der Waals surface area contributed by atoms with Crippen LogP contribution in [-0.2, 0) is 10.0 Å². The molecule has 3 fully saturated rings. The summed E-state index contributed by atoms with van der Waals surface area (Å²) in [6.45, 7) is 4.97. The van der Waals surface area contributed by atoms with Crippen molar-refractivity contribution in [3.63, 3.8) is 0 Å². The summed E-state index contributed by atoms with van der Waals surface area (Å²) < 4.78 is 31.2. The molecule has 3 aliphatic heterocycles. The van der Waals surface area contributed by atoms with Crippen LogP contribution in [0.2, 0.25) is 0 Å². The standard InChI is InChI=1S/C18H23N3O3S2/c1-2-26(23,24)20-14-3-4-15-17(10-14)25-19-18(15)16(22)9-13-11-21-7-5-12(13)6-8-21/h3-4,10,12-13,20H,2,5-9,11H2,1H3/t13-/m0/s1. The minimum atomic E-state index is -3.31. The summed E-state index contributed by atoms with van der Waals surface area (Å²) in [4.78, 5) is 15.3. The maximum Gasteiger partial charge on any atom is 0.232 e. The fraction of sp³-hybridized carbons (Fsp3) is 0.556. The Balaban J connectivity index is 1.52. The molecule has 2 aromatic rings. The van der Waals surface area contributed by atoms with Crippen LogP contribution >= 0.6 is 11.5 Å². The van der Waals surface area contributed by atoms with Gasteiger partial charge in [0.15, 0.2) is 5.78 Å². The number of sulfonamides is 1. The first-order valence-corrected chi connectivity index (χ1v) is 11.5. The molecule has 0 unspecified atom stereocenters. The molecule has 1 aromatic heterocycles. The predicted molar refractivity (Wildman–Crippen MR) is 104 cm³/mol. The number of piperidine rings is 3. The highest BCUT2D eigenvalue weighted by atomic mass is 32.2. The average molecular weight is 394 g/mol. The van der Waals surface area contributed by atoms with Gasteiger partial charge in [-0.2, -0.15) is 4.37 Å². The number of anilines is 1. The van der Waals surface area contributed by atoms with E-state index < -0.39 is 10.0 Å². The normalized spacial score (nSPS) is 25.5. The molecule has 2 bridgehead atoms. The summed E-state index contributed by atoms with van der Waals surface area (Å²) in [6.07, 6.45) is 2.97. The molecule has 4 heterocycles. The molecule has 8 heteroatoms. The third kappa shape index (κ3) is 3.50. The van der Waals surface area contributed by atoms with Crippen LogP contribution in [0.15, 0.2) is 18.2 Å². The van der Waals surface area contributed by atoms with Crippen molar-refractivity contribution in [1.29, 1.82) is 0 Å². The van der Waals surface area contributed by atoms with Gasteiger partial charge in [-0.1, -0.05) is 0 Å². The summed E-state index contributed by atoms with van der Waals surface area (Å²) in [7, 11) is -3.31. The highest BCUT2D eigenvalue weighted by molar-refractivity contribution is 7.92. The van der Waals surface area contributed by atoms with E-state index in [1.54, 1.807) is 25.1 Å². The number of carbonyl (C=O) groups excluding carboxylic acids is 1. The molecule has 0 spiro atoms. The van der Waals surface area contributed by atoms with E-state index in [1.165, 1.54) is 37.5 Å². The highest BCUT2D eigenvalue weighted by Crippen LogP contribution is 2.36. The van der Waals surface area contributed by atoms with Crippen molar-refractivity contribution in [2.24, 2.45) is 11.8 Å². The number of hydrogen-bond acceptors (Lipinski definition) is 6. The maximum atomic E-state index is 12.8. The molecule has 26 heavy (non-hydrogen) atoms. The number of carbonyl (C=O) groups is 1. The first-order valence-electron chi connectivity index (χ1n) is 9.10. The molecule has 0 aliphatic carbocycles. The zero-order valence-electron chi connectivity index (χ0n) is 14.8. The lowest BCUT2D eigenvalue weighted by Gasteiger charge is -2.44. The Bertz CT molecular complexity index is 930. The molecule has 0 radical (unpaired) electrons. The Morgan fingerprint density at radius 2 is 2.12 bits per heavy atom. The van der Waals surface area contributed by atoms with E-state index in [0.717, 1.165) is 16.6 Å². The maximum absolute atomic E-state index is 12.8. The molecule has 1 aromatic carbocycles. The van der Waals surface area contributed by atoms with Crippen LogP contribution in [0.25, 0.3) is 10.1 Å². The van der Waals surface area contributed by atoms with Crippen LogP contribution < -0.4 is 4.72 Å². The van der Waals surface area contributed by atoms with Gasteiger partial charge in [0, 0.05) is 24.0 Å². The van der Waals surface area contributed by atoms with E-state index in [4.69, 9.17) is 0 Å². The third-order valence-corrected chi connectivity index (χ3v) is 7.74. The van der Waals surface area contributed by atoms with Gasteiger partial charge in [0.2, 0.25) is 10.0 Å². The van der Waals surface area contributed by atoms with Crippen LogP contribution in [0.3, 0.4) is 0 Å². The van der Waals surface area contributed by atoms with Crippen molar-refractivity contribution in [3.05, 3.63) is 23.9 Å². The van der Waals surface area contributed by atoms with Crippen LogP contribution in [0.5, 0.6) is 0 Å². The largest absolute Gasteiger partial charge is 0.303 e. The summed E-state index contributed by atoms with van der Waals surface area (Å²) in [6, 6.07) is 5.26. The SMILES string of the molecule is CCS(=O)(=O)Nc1ccc2c(C(=O)C[C@H]3CN4CCC3CC4)nsc2c1. The number of hydrogen-bond donors (Lipinski definition) is 1. The number of nitrogens with one attached hydrogen (secondary N) is 1. The van der Waals surface area contributed by atoms with Crippen molar-refractivity contribution in [1.82, 2.24) is 9.27 Å². The topological polar surface area (TPSA) is 79.4 Å². The Kier molecular flexibility index (Phi) is 4.75. The molecule has 0 saturated carbocycles. The molecule has 6 nitrogen and oxygen atoms in total. The minimum absolute atomic E-state index is 0.0248. The van der Waals surface area contributed by atoms with Gasteiger partial charge in [0.05, 0.1) is 10.5 Å². The second-order valence-electron chi connectivity index (χ2n) is 7.27. The Labute approximate surface area is 157 Å². The summed E-state index contributed by atoms with van der Waals surface area (Å²) in [5.41, 5.74) is 1.05. The molecule has 0 amide bonds. The lowest BCUT2D eigenvalue weighted by molar-refractivity contribution is 0.0440. The van der Waals surface area contributed by atoms with E-state index in [-0.39, 0.29) is 11.5 Å². The average Bonchev–Trinajstić information content (AvgIpc) is 3.06. The zero-order chi connectivity index (χ0) is 18.3. The number of aromatic nitrogens is 1. The second kappa shape index (κ2) is 6.90. The second-order valence-corrected chi connectivity index (χ2v) is 10.1. The zero-order valence-corrected chi connectivity index (χ0v) is 16.4. The first-order chi connectivity index (χ1) is 12.4. The van der Waals surface area contributed by atoms with E-state index in [9.17, 15) is 13.2 Å². The number of fused-ring (bicyclic) bond motifs is 4. The van der Waals surface area contributed by atoms with E-state index in [2.05, 4.69) is 14.0 Å². The smallest absolute Gasteiger partial charge is 0.232 e. The number of ketones is 1. The number of rotatable bonds is 6. The minimum Gasteiger partial charge on any atom is -0.303 e. The van der Waals surface area contributed by atoms with Gasteiger partial charge in [-0.15, -0.1) is 0 Å². The Hall–Kier alpha value is -1.51. The monoisotopic (exact) mass is 393 g/mol. The van der Waals surface area contributed by atoms with E-state index in [0.29, 0.717) is 29.6 Å². The van der Waals surface area contributed by atoms with Gasteiger partial charge in [-0.05, 0) is 74.4 Å². The van der Waals surface area contributed by atoms with Gasteiger partial charge in [0.25, 0.3) is 0 Å². The fourth-order valence-corrected chi connectivity index (χ4v) is 5.57. The molecule has 140 valence electrons. The van der Waals surface area contributed by atoms with Crippen LogP contribution in [-0.4, -0.2) is 48.9 Å². The molecular weight excluding hydrogens is 370 g/mol. The number of Topliss-reactive ketones (excluding diaryl/α,β-unsaturated/α-hetero) is 1. The molecule has 3 aliphatic rings. The van der Waals surface area contributed by atoms with Gasteiger partial charge in [-0.3, -0.25) is 9.52 Å². The molecular formula is C18H23N3O3S2. The Morgan fingerprint density at radius 1 is 1.35 bits per heavy atom. The van der Waals surface area contributed by atoms with Gasteiger partial charge in [-0.25, -0.2) is 8.42 Å². The van der Waals surface area contributed by atoms with Crippen LogP contribution in [0, 0.1) is 11.8 Å². The summed E-state index contributed by atoms with van der Waals surface area (Å²) in [5, 5.41) is 0.820. The fourth-order valence-electron chi connectivity index (χ4n) is 4.11. The molecule has 1 N–H and O–H groups in total. The van der Waals surface area contributed by atoms with Crippen molar-refractivity contribution >= 4 is 43.1 Å². The van der Waals surface area contributed by atoms with Gasteiger partial charge < -0.3 is 4.90 Å². The molecule has 5 rings (SSSR count). The quantitative estimate of drug-likeness (QED) is 0.763. The number of benzene rings is 1. The van der Waals surface area contributed by atoms with E-state index >= 15 is 0 Å². The lowest BCUT2D eigenvalue weighted by Crippen LogP contribution is -2.47. The third-order valence-electron chi connectivity index (χ3n) is 5.63. The molecule has 3 saturated heterocycles. The van der Waals surface area contributed by atoms with Crippen molar-refractivity contribution in [2.45, 2.75) is 26.2 Å². The van der Waals surface area contributed by atoms with Crippen molar-refractivity contribution in [3.8, 4) is 0 Å². The highest BCUT2D eigenvalue weighted by Gasteiger charge is 2.35. The van der Waals surface area contributed by atoms with Gasteiger partial charge in [0.1, 0.15) is 5.69 Å². The van der Waals surface area contributed by atoms with E-state index in [1.807, 2.05) is 0 Å².